The SMILES string of the molecule is CC(C)(C)NS(=O)(=O)c1ccc(OCC(=O)N2CCN(c3cccc(C(F)(F)F)c3)CC2)cc1. The maximum absolute atomic E-state index is 13.0. The Hall–Kier alpha value is -2.79. The van der Waals surface area contributed by atoms with Crippen LogP contribution in [0.5, 0.6) is 5.75 Å². The Bertz CT molecular complexity index is 1110. The number of benzene rings is 2. The van der Waals surface area contributed by atoms with Crippen LogP contribution in [0.15, 0.2) is 53.4 Å². The summed E-state index contributed by atoms with van der Waals surface area (Å²) in [7, 11) is -3.67. The van der Waals surface area contributed by atoms with E-state index in [1.807, 2.05) is 4.90 Å². The van der Waals surface area contributed by atoms with Gasteiger partial charge in [0.1, 0.15) is 5.75 Å². The highest BCUT2D eigenvalue weighted by Crippen LogP contribution is 2.32. The van der Waals surface area contributed by atoms with Crippen LogP contribution in [0, 0.1) is 0 Å². The molecule has 0 radical (unpaired) electrons. The molecule has 0 atom stereocenters. The molecule has 3 rings (SSSR count). The van der Waals surface area contributed by atoms with Crippen molar-refractivity contribution < 1.29 is 31.1 Å². The van der Waals surface area contributed by atoms with Crippen LogP contribution in [0.2, 0.25) is 0 Å². The molecule has 7 nitrogen and oxygen atoms in total. The highest BCUT2D eigenvalue weighted by atomic mass is 32.2. The summed E-state index contributed by atoms with van der Waals surface area (Å²) in [6, 6.07) is 10.9. The number of rotatable bonds is 6. The van der Waals surface area contributed by atoms with Crippen molar-refractivity contribution in [1.29, 1.82) is 0 Å². The van der Waals surface area contributed by atoms with E-state index in [2.05, 4.69) is 4.72 Å². The standard InChI is InChI=1S/C23H28F3N3O4S/c1-22(2,3)27-34(31,32)20-9-7-19(8-10-20)33-16-21(30)29-13-11-28(12-14-29)18-6-4-5-17(15-18)23(24,25)26/h4-10,15,27H,11-14,16H2,1-3H3. The summed E-state index contributed by atoms with van der Waals surface area (Å²) in [4.78, 5) is 16.0. The molecule has 0 saturated carbocycles. The molecule has 1 aliphatic rings. The van der Waals surface area contributed by atoms with E-state index in [-0.39, 0.29) is 17.4 Å². The van der Waals surface area contributed by atoms with E-state index in [0.29, 0.717) is 37.6 Å². The Kier molecular flexibility index (Phi) is 7.47. The quantitative estimate of drug-likeness (QED) is 0.658. The number of sulfonamides is 1. The van der Waals surface area contributed by atoms with E-state index < -0.39 is 27.3 Å². The predicted molar refractivity (Wildman–Crippen MR) is 122 cm³/mol. The van der Waals surface area contributed by atoms with Gasteiger partial charge < -0.3 is 14.5 Å². The number of carbonyl (C=O) groups excluding carboxylic acids is 1. The van der Waals surface area contributed by atoms with Crippen LogP contribution in [0.4, 0.5) is 18.9 Å². The van der Waals surface area contributed by atoms with Gasteiger partial charge in [-0.3, -0.25) is 4.79 Å². The van der Waals surface area contributed by atoms with E-state index in [1.54, 1.807) is 31.7 Å². The van der Waals surface area contributed by atoms with Gasteiger partial charge in [-0.2, -0.15) is 13.2 Å². The van der Waals surface area contributed by atoms with Crippen molar-refractivity contribution in [3.05, 3.63) is 54.1 Å². The fourth-order valence-corrected chi connectivity index (χ4v) is 4.92. The molecule has 34 heavy (non-hydrogen) atoms. The molecule has 1 N–H and O–H groups in total. The highest BCUT2D eigenvalue weighted by molar-refractivity contribution is 7.89. The van der Waals surface area contributed by atoms with Crippen molar-refractivity contribution in [1.82, 2.24) is 9.62 Å². The summed E-state index contributed by atoms with van der Waals surface area (Å²) in [6.45, 7) is 6.52. The van der Waals surface area contributed by atoms with Crippen molar-refractivity contribution in [2.24, 2.45) is 0 Å². The van der Waals surface area contributed by atoms with Crippen LogP contribution in [0.25, 0.3) is 0 Å². The summed E-state index contributed by atoms with van der Waals surface area (Å²) >= 11 is 0. The third-order valence-electron chi connectivity index (χ3n) is 5.11. The monoisotopic (exact) mass is 499 g/mol. The van der Waals surface area contributed by atoms with E-state index in [9.17, 15) is 26.4 Å². The predicted octanol–water partition coefficient (Wildman–Crippen LogP) is 3.51. The van der Waals surface area contributed by atoms with Crippen LogP contribution in [-0.4, -0.2) is 57.5 Å². The summed E-state index contributed by atoms with van der Waals surface area (Å²) in [6.07, 6.45) is -4.41. The van der Waals surface area contributed by atoms with Crippen molar-refractivity contribution in [3.63, 3.8) is 0 Å². The normalized spacial score (nSPS) is 15.4. The number of piperazine rings is 1. The summed E-state index contributed by atoms with van der Waals surface area (Å²) in [5.41, 5.74) is -0.856. The Labute approximate surface area is 197 Å². The Morgan fingerprint density at radius 1 is 1.00 bits per heavy atom. The van der Waals surface area contributed by atoms with Gasteiger partial charge in [0, 0.05) is 37.4 Å². The minimum Gasteiger partial charge on any atom is -0.484 e. The molecule has 1 heterocycles. The Morgan fingerprint density at radius 3 is 2.18 bits per heavy atom. The molecule has 0 unspecified atom stereocenters. The first kappa shape index (κ1) is 25.8. The number of nitrogens with zero attached hydrogens (tertiary/aromatic N) is 2. The third kappa shape index (κ3) is 6.86. The molecule has 0 aliphatic carbocycles. The summed E-state index contributed by atoms with van der Waals surface area (Å²) in [5, 5.41) is 0. The minimum atomic E-state index is -4.41. The van der Waals surface area contributed by atoms with Gasteiger partial charge in [0.2, 0.25) is 10.0 Å². The second-order valence-corrected chi connectivity index (χ2v) is 10.7. The van der Waals surface area contributed by atoms with Crippen LogP contribution in [-0.2, 0) is 21.0 Å². The molecule has 1 amide bonds. The van der Waals surface area contributed by atoms with Gasteiger partial charge in [0.05, 0.1) is 10.5 Å². The molecule has 0 aromatic heterocycles. The lowest BCUT2D eigenvalue weighted by Crippen LogP contribution is -2.50. The topological polar surface area (TPSA) is 78.9 Å². The molecule has 2 aromatic carbocycles. The fraction of sp³-hybridized carbons (Fsp3) is 0.435. The zero-order chi connectivity index (χ0) is 25.1. The third-order valence-corrected chi connectivity index (χ3v) is 6.88. The van der Waals surface area contributed by atoms with Gasteiger partial charge in [0.25, 0.3) is 5.91 Å². The van der Waals surface area contributed by atoms with E-state index in [1.165, 1.54) is 30.3 Å². The zero-order valence-electron chi connectivity index (χ0n) is 19.2. The number of alkyl halides is 3. The van der Waals surface area contributed by atoms with Crippen LogP contribution < -0.4 is 14.4 Å². The molecule has 186 valence electrons. The number of hydrogen-bond donors (Lipinski definition) is 1. The van der Waals surface area contributed by atoms with Gasteiger partial charge in [-0.1, -0.05) is 6.07 Å². The lowest BCUT2D eigenvalue weighted by Gasteiger charge is -2.36. The van der Waals surface area contributed by atoms with Crippen molar-refractivity contribution >= 4 is 21.6 Å². The molecule has 0 spiro atoms. The number of carbonyl (C=O) groups is 1. The summed E-state index contributed by atoms with van der Waals surface area (Å²) in [5.74, 6) is 0.0976. The van der Waals surface area contributed by atoms with Gasteiger partial charge in [-0.25, -0.2) is 13.1 Å². The van der Waals surface area contributed by atoms with E-state index >= 15 is 0 Å². The van der Waals surface area contributed by atoms with Crippen molar-refractivity contribution in [2.75, 3.05) is 37.7 Å². The van der Waals surface area contributed by atoms with Gasteiger partial charge >= 0.3 is 6.18 Å². The van der Waals surface area contributed by atoms with Crippen molar-refractivity contribution in [2.45, 2.75) is 37.4 Å². The van der Waals surface area contributed by atoms with Gasteiger partial charge in [0.15, 0.2) is 6.61 Å². The number of anilines is 1. The van der Waals surface area contributed by atoms with Gasteiger partial charge in [-0.15, -0.1) is 0 Å². The number of halogens is 3. The molecule has 1 fully saturated rings. The number of nitrogens with one attached hydrogen (secondary N) is 1. The largest absolute Gasteiger partial charge is 0.484 e. The molecule has 0 bridgehead atoms. The van der Waals surface area contributed by atoms with Gasteiger partial charge in [-0.05, 0) is 63.2 Å². The van der Waals surface area contributed by atoms with E-state index in [0.717, 1.165) is 12.1 Å². The first-order chi connectivity index (χ1) is 15.7. The fourth-order valence-electron chi connectivity index (χ4n) is 3.51. The maximum atomic E-state index is 13.0. The molecule has 1 aliphatic heterocycles. The van der Waals surface area contributed by atoms with Crippen LogP contribution >= 0.6 is 0 Å². The molecule has 1 saturated heterocycles. The van der Waals surface area contributed by atoms with Crippen LogP contribution in [0.3, 0.4) is 0 Å². The maximum Gasteiger partial charge on any atom is 0.416 e. The van der Waals surface area contributed by atoms with E-state index in [4.69, 9.17) is 4.74 Å². The second kappa shape index (κ2) is 9.83. The number of amides is 1. The zero-order valence-corrected chi connectivity index (χ0v) is 20.0. The molecular weight excluding hydrogens is 471 g/mol. The Morgan fingerprint density at radius 2 is 1.62 bits per heavy atom. The number of ether oxygens (including phenoxy) is 1. The molecule has 2 aromatic rings. The van der Waals surface area contributed by atoms with Crippen LogP contribution in [0.1, 0.15) is 26.3 Å². The number of hydrogen-bond acceptors (Lipinski definition) is 5. The Balaban J connectivity index is 1.51. The summed E-state index contributed by atoms with van der Waals surface area (Å²) < 4.78 is 71.6. The molecular formula is C23H28F3N3O4S. The molecule has 11 heteroatoms. The lowest BCUT2D eigenvalue weighted by atomic mass is 10.1. The first-order valence-electron chi connectivity index (χ1n) is 10.7. The van der Waals surface area contributed by atoms with Crippen molar-refractivity contribution in [3.8, 4) is 5.75 Å². The highest BCUT2D eigenvalue weighted by Gasteiger charge is 2.31. The first-order valence-corrected chi connectivity index (χ1v) is 12.2. The smallest absolute Gasteiger partial charge is 0.416 e. The lowest BCUT2D eigenvalue weighted by molar-refractivity contribution is -0.137. The average molecular weight is 500 g/mol. The average Bonchev–Trinajstić information content (AvgIpc) is 2.76. The minimum absolute atomic E-state index is 0.0896. The second-order valence-electron chi connectivity index (χ2n) is 9.03.